The Balaban J connectivity index is 0.669. The van der Waals surface area contributed by atoms with Crippen LogP contribution in [0.2, 0.25) is 0 Å². The maximum atomic E-state index is 6.83. The first-order chi connectivity index (χ1) is 55.1. The molecule has 16 aromatic carbocycles. The van der Waals surface area contributed by atoms with E-state index in [9.17, 15) is 0 Å². The minimum absolute atomic E-state index is 0.593. The molecule has 18 aromatic rings. The van der Waals surface area contributed by atoms with Crippen LogP contribution >= 0.6 is 0 Å². The summed E-state index contributed by atoms with van der Waals surface area (Å²) in [6.07, 6.45) is 1.77. The van der Waals surface area contributed by atoms with E-state index in [-0.39, 0.29) is 0 Å². The third-order valence-corrected chi connectivity index (χ3v) is 22.2. The highest BCUT2D eigenvalue weighted by atomic mass is 16.5. The molecule has 0 atom stereocenters. The van der Waals surface area contributed by atoms with E-state index in [2.05, 4.69) is 401 Å². The van der Waals surface area contributed by atoms with Crippen LogP contribution in [0.1, 0.15) is 35.1 Å². The van der Waals surface area contributed by atoms with Crippen LogP contribution in [0, 0.1) is 27.7 Å². The summed E-state index contributed by atoms with van der Waals surface area (Å²) < 4.78 is 18.3. The molecule has 6 heteroatoms. The van der Waals surface area contributed by atoms with Crippen LogP contribution in [-0.4, -0.2) is 32.3 Å². The van der Waals surface area contributed by atoms with Crippen LogP contribution in [0.15, 0.2) is 364 Å². The van der Waals surface area contributed by atoms with Gasteiger partial charge in [-0.05, 0) is 177 Å². The lowest BCUT2D eigenvalue weighted by Gasteiger charge is -2.22. The number of imidazole rings is 2. The second-order valence-electron chi connectivity index (χ2n) is 29.7. The van der Waals surface area contributed by atoms with Crippen molar-refractivity contribution in [3.63, 3.8) is 0 Å². The molecule has 0 fully saturated rings. The molecular formula is C106H80N4O2. The van der Waals surface area contributed by atoms with Gasteiger partial charge in [0.25, 0.3) is 0 Å². The lowest BCUT2D eigenvalue weighted by atomic mass is 9.89. The maximum Gasteiger partial charge on any atom is 0.145 e. The molecule has 0 aliphatic carbocycles. The predicted octanol–water partition coefficient (Wildman–Crippen LogP) is 27.8. The lowest BCUT2D eigenvalue weighted by Crippen LogP contribution is -2.07. The number of benzene rings is 16. The zero-order valence-corrected chi connectivity index (χ0v) is 63.1. The molecule has 3 heterocycles. The molecule has 1 aliphatic heterocycles. The van der Waals surface area contributed by atoms with Gasteiger partial charge in [0.2, 0.25) is 0 Å². The molecule has 0 unspecified atom stereocenters. The first-order valence-electron chi connectivity index (χ1n) is 38.8. The molecule has 0 saturated carbocycles. The molecular weight excluding hydrogens is 1360 g/mol. The van der Waals surface area contributed by atoms with Gasteiger partial charge in [0.1, 0.15) is 23.1 Å². The standard InChI is InChI=1S/C106H80N4O2/c1-69-17-25-73(26-18-69)77-33-45-83(46-34-77)101-103(85-49-37-79(38-50-85)75-29-21-71(3)22-30-75)109(93-13-7-5-8-14-93)105(107-101)87-53-41-81(42-54-87)89-57-61-95-91(67-89)59-63-97-99(95)100-96-62-58-90(68-92(96)60-64-98(100)112-66-12-11-65-111-97)82-43-55-88(56-44-82)106-108-102(84-47-35-78(36-48-84)74-27-19-70(2)20-28-74)104(110(106)94-15-9-6-10-16-94)86-51-39-80(40-52-86)76-31-23-72(4)24-32-76/h5-10,13-64,67-68H,11-12,65-66H2,1-4H3. The van der Waals surface area contributed by atoms with Crippen molar-refractivity contribution >= 4 is 21.5 Å². The number of aryl methyl sites for hydroxylation is 4. The Morgan fingerprint density at radius 3 is 0.786 bits per heavy atom. The number of fused-ring (bicyclic) bond motifs is 7. The molecule has 2 aromatic heterocycles. The average molecular weight is 1440 g/mol. The highest BCUT2D eigenvalue weighted by Gasteiger charge is 2.27. The van der Waals surface area contributed by atoms with E-state index in [1.54, 1.807) is 0 Å². The Bertz CT molecular complexity index is 6070. The van der Waals surface area contributed by atoms with E-state index in [1.807, 2.05) is 0 Å². The minimum Gasteiger partial charge on any atom is -0.493 e. The minimum atomic E-state index is 0.593. The van der Waals surface area contributed by atoms with E-state index >= 15 is 0 Å². The summed E-state index contributed by atoms with van der Waals surface area (Å²) in [5.74, 6) is 3.41. The Hall–Kier alpha value is -13.9. The van der Waals surface area contributed by atoms with Gasteiger partial charge in [-0.3, -0.25) is 9.13 Å². The Labute approximate surface area is 654 Å². The zero-order valence-electron chi connectivity index (χ0n) is 63.1. The number of hydrogen-bond acceptors (Lipinski definition) is 4. The van der Waals surface area contributed by atoms with Crippen molar-refractivity contribution in [1.82, 2.24) is 19.1 Å². The second-order valence-corrected chi connectivity index (χ2v) is 29.7. The third-order valence-electron chi connectivity index (χ3n) is 22.2. The summed E-state index contributed by atoms with van der Waals surface area (Å²) in [7, 11) is 0. The Morgan fingerprint density at radius 1 is 0.232 bits per heavy atom. The zero-order chi connectivity index (χ0) is 75.2. The van der Waals surface area contributed by atoms with E-state index in [1.165, 1.54) is 44.5 Å². The van der Waals surface area contributed by atoms with Crippen LogP contribution < -0.4 is 9.47 Å². The Morgan fingerprint density at radius 2 is 0.482 bits per heavy atom. The van der Waals surface area contributed by atoms with Crippen LogP contribution in [0.25, 0.3) is 179 Å². The van der Waals surface area contributed by atoms with Crippen LogP contribution in [-0.2, 0) is 0 Å². The molecule has 1 aliphatic rings. The largest absolute Gasteiger partial charge is 0.493 e. The fourth-order valence-corrected chi connectivity index (χ4v) is 16.0. The van der Waals surface area contributed by atoms with Gasteiger partial charge >= 0.3 is 0 Å². The van der Waals surface area contributed by atoms with Crippen molar-refractivity contribution in [3.8, 4) is 169 Å². The van der Waals surface area contributed by atoms with E-state index in [4.69, 9.17) is 19.4 Å². The van der Waals surface area contributed by atoms with Gasteiger partial charge in [0.05, 0.1) is 36.0 Å². The van der Waals surface area contributed by atoms with Crippen molar-refractivity contribution in [2.75, 3.05) is 13.2 Å². The number of para-hydroxylation sites is 2. The monoisotopic (exact) mass is 1440 g/mol. The van der Waals surface area contributed by atoms with E-state index in [0.717, 1.165) is 181 Å². The van der Waals surface area contributed by atoms with Crippen molar-refractivity contribution < 1.29 is 9.47 Å². The molecule has 19 rings (SSSR count). The third kappa shape index (κ3) is 13.3. The molecule has 0 amide bonds. The van der Waals surface area contributed by atoms with Gasteiger partial charge in [0.15, 0.2) is 0 Å². The van der Waals surface area contributed by atoms with Gasteiger partial charge in [-0.2, -0.15) is 0 Å². The fourth-order valence-electron chi connectivity index (χ4n) is 16.0. The number of aromatic nitrogens is 4. The molecule has 0 N–H and O–H groups in total. The molecule has 0 saturated heterocycles. The van der Waals surface area contributed by atoms with E-state index < -0.39 is 0 Å². The van der Waals surface area contributed by atoms with E-state index in [0.29, 0.717) is 13.2 Å². The molecule has 6 nitrogen and oxygen atoms in total. The number of rotatable bonds is 14. The summed E-state index contributed by atoms with van der Waals surface area (Å²) in [5.41, 5.74) is 33.0. The highest BCUT2D eigenvalue weighted by Crippen LogP contribution is 2.49. The summed E-state index contributed by atoms with van der Waals surface area (Å²) in [5, 5.41) is 4.40. The smallest absolute Gasteiger partial charge is 0.145 e. The lowest BCUT2D eigenvalue weighted by molar-refractivity contribution is 0.264. The first-order valence-corrected chi connectivity index (χ1v) is 38.8. The molecule has 112 heavy (non-hydrogen) atoms. The van der Waals surface area contributed by atoms with Crippen molar-refractivity contribution in [3.05, 3.63) is 386 Å². The molecule has 0 spiro atoms. The van der Waals surface area contributed by atoms with Crippen molar-refractivity contribution in [2.45, 2.75) is 40.5 Å². The Kier molecular flexibility index (Phi) is 18.1. The second kappa shape index (κ2) is 29.6. The molecule has 0 radical (unpaired) electrons. The van der Waals surface area contributed by atoms with Crippen LogP contribution in [0.5, 0.6) is 11.5 Å². The number of nitrogens with zero attached hydrogens (tertiary/aromatic N) is 4. The molecule has 536 valence electrons. The first kappa shape index (κ1) is 68.6. The molecule has 0 bridgehead atoms. The van der Waals surface area contributed by atoms with Gasteiger partial charge < -0.3 is 9.47 Å². The number of hydrogen-bond donors (Lipinski definition) is 0. The van der Waals surface area contributed by atoms with Gasteiger partial charge in [-0.25, -0.2) is 9.97 Å². The topological polar surface area (TPSA) is 54.1 Å². The number of ether oxygens (including phenoxy) is 2. The normalized spacial score (nSPS) is 12.1. The SMILES string of the molecule is Cc1ccc(-c2ccc(-c3nc(-c4ccc(-c5ccc6c7c(ccc6c5)OCCCCOc5ccc6cc(-c8ccc(-c9nc(-c%10ccc(-c%11ccc(C)cc%11)cc%10)c(-c%10ccc(-c%11ccc(C)cc%11)cc%10)n9-c9ccccc9)cc8)ccc6c5-7)cc4)n(-c4ccccc4)c3-c3ccc(-c4ccc(C)cc4)cc3)cc2)cc1. The van der Waals surface area contributed by atoms with Gasteiger partial charge in [-0.15, -0.1) is 0 Å². The fraction of sp³-hybridized carbons (Fsp3) is 0.0755. The van der Waals surface area contributed by atoms with Gasteiger partial charge in [0, 0.05) is 55.9 Å². The van der Waals surface area contributed by atoms with Crippen LogP contribution in [0.3, 0.4) is 0 Å². The quantitative estimate of drug-likeness (QED) is 0.109. The average Bonchev–Trinajstić information content (AvgIpc) is 1.74. The summed E-state index contributed by atoms with van der Waals surface area (Å²) in [4.78, 5) is 11.4. The van der Waals surface area contributed by atoms with Crippen molar-refractivity contribution in [1.29, 1.82) is 0 Å². The summed E-state index contributed by atoms with van der Waals surface area (Å²) in [6.45, 7) is 9.71. The maximum absolute atomic E-state index is 6.83. The predicted molar refractivity (Wildman–Crippen MR) is 466 cm³/mol. The highest BCUT2D eigenvalue weighted by molar-refractivity contribution is 6.11. The van der Waals surface area contributed by atoms with Crippen molar-refractivity contribution in [2.24, 2.45) is 0 Å². The summed E-state index contributed by atoms with van der Waals surface area (Å²) >= 11 is 0. The van der Waals surface area contributed by atoms with Gasteiger partial charge in [-0.1, -0.05) is 338 Å². The van der Waals surface area contributed by atoms with Crippen LogP contribution in [0.4, 0.5) is 0 Å². The summed E-state index contributed by atoms with van der Waals surface area (Å²) in [6, 6.07) is 132.